The lowest BCUT2D eigenvalue weighted by molar-refractivity contribution is 0.0962. The smallest absolute Gasteiger partial charge is 0.285 e. The Kier molecular flexibility index (Phi) is 3.76. The van der Waals surface area contributed by atoms with Crippen molar-refractivity contribution in [1.82, 2.24) is 0 Å². The lowest BCUT2D eigenvalue weighted by Gasteiger charge is -2.18. The van der Waals surface area contributed by atoms with E-state index in [1.807, 2.05) is 51.1 Å². The number of hydrogen-bond acceptors (Lipinski definition) is 2. The van der Waals surface area contributed by atoms with Crippen LogP contribution in [0.4, 0.5) is 0 Å². The average Bonchev–Trinajstić information content (AvgIpc) is 2.95. The number of hydrogen-bond donors (Lipinski definition) is 0. The van der Waals surface area contributed by atoms with E-state index in [1.54, 1.807) is 0 Å². The summed E-state index contributed by atoms with van der Waals surface area (Å²) < 4.78 is 11.5. The van der Waals surface area contributed by atoms with Crippen molar-refractivity contribution in [2.45, 2.75) is 26.4 Å². The van der Waals surface area contributed by atoms with E-state index in [0.717, 1.165) is 11.3 Å². The molecule has 0 spiro atoms. The van der Waals surface area contributed by atoms with Gasteiger partial charge in [-0.2, -0.15) is 0 Å². The van der Waals surface area contributed by atoms with E-state index in [2.05, 4.69) is 36.4 Å². The lowest BCUT2D eigenvalue weighted by atomic mass is 10.0. The number of furan rings is 1. The molecule has 0 saturated heterocycles. The topological polar surface area (TPSA) is 22.4 Å². The zero-order valence-corrected chi connectivity index (χ0v) is 13.2. The molecular formula is C20H20O2. The fourth-order valence-corrected chi connectivity index (χ4v) is 2.29. The first-order valence-electron chi connectivity index (χ1n) is 7.46. The van der Waals surface area contributed by atoms with Crippen molar-refractivity contribution in [1.29, 1.82) is 0 Å². The highest BCUT2D eigenvalue weighted by atomic mass is 16.6. The Morgan fingerprint density at radius 2 is 1.27 bits per heavy atom. The molecule has 1 heterocycles. The second-order valence-electron chi connectivity index (χ2n) is 6.28. The van der Waals surface area contributed by atoms with E-state index in [0.29, 0.717) is 5.95 Å². The van der Waals surface area contributed by atoms with Gasteiger partial charge in [-0.25, -0.2) is 0 Å². The molecule has 0 aliphatic rings. The maximum absolute atomic E-state index is 5.77. The van der Waals surface area contributed by atoms with Crippen LogP contribution in [0.3, 0.4) is 0 Å². The first kappa shape index (κ1) is 14.5. The maximum atomic E-state index is 5.77. The predicted octanol–water partition coefficient (Wildman–Crippen LogP) is 5.79. The van der Waals surface area contributed by atoms with Crippen LogP contribution < -0.4 is 4.74 Å². The van der Waals surface area contributed by atoms with Crippen LogP contribution in [0, 0.1) is 0 Å². The minimum Gasteiger partial charge on any atom is -0.459 e. The van der Waals surface area contributed by atoms with Gasteiger partial charge < -0.3 is 9.15 Å². The van der Waals surface area contributed by atoms with Crippen LogP contribution in [-0.4, -0.2) is 5.60 Å². The highest BCUT2D eigenvalue weighted by Gasteiger charge is 2.15. The molecule has 22 heavy (non-hydrogen) atoms. The van der Waals surface area contributed by atoms with Gasteiger partial charge in [0.1, 0.15) is 11.4 Å². The van der Waals surface area contributed by atoms with E-state index < -0.39 is 0 Å². The summed E-state index contributed by atoms with van der Waals surface area (Å²) in [7, 11) is 0. The van der Waals surface area contributed by atoms with Gasteiger partial charge in [-0.3, -0.25) is 0 Å². The Morgan fingerprint density at radius 1 is 0.682 bits per heavy atom. The van der Waals surface area contributed by atoms with E-state index in [9.17, 15) is 0 Å². The molecule has 0 amide bonds. The molecule has 0 aliphatic heterocycles. The molecule has 0 bridgehead atoms. The Hall–Kier alpha value is -2.48. The molecule has 0 radical (unpaired) electrons. The van der Waals surface area contributed by atoms with Crippen molar-refractivity contribution in [2.75, 3.05) is 0 Å². The second-order valence-corrected chi connectivity index (χ2v) is 6.28. The van der Waals surface area contributed by atoms with Crippen LogP contribution in [0.25, 0.3) is 22.5 Å². The molecule has 0 fully saturated rings. The fourth-order valence-electron chi connectivity index (χ4n) is 2.29. The van der Waals surface area contributed by atoms with Crippen LogP contribution in [0.2, 0.25) is 0 Å². The van der Waals surface area contributed by atoms with Gasteiger partial charge in [-0.1, -0.05) is 54.6 Å². The zero-order valence-electron chi connectivity index (χ0n) is 13.2. The maximum Gasteiger partial charge on any atom is 0.285 e. The van der Waals surface area contributed by atoms with Gasteiger partial charge in [0.2, 0.25) is 0 Å². The first-order valence-corrected chi connectivity index (χ1v) is 7.46. The minimum atomic E-state index is -0.258. The van der Waals surface area contributed by atoms with Crippen LogP contribution in [0.15, 0.2) is 71.1 Å². The molecular weight excluding hydrogens is 272 g/mol. The predicted molar refractivity (Wildman–Crippen MR) is 90.0 cm³/mol. The van der Waals surface area contributed by atoms with Crippen LogP contribution in [0.1, 0.15) is 20.8 Å². The highest BCUT2D eigenvalue weighted by molar-refractivity contribution is 5.68. The standard InChI is InChI=1S/C20H20O2/c1-20(2,3)22-19-14-13-18(21-19)17-11-9-16(10-12-17)15-7-5-4-6-8-15/h4-14H,1-3H3. The molecule has 2 aromatic carbocycles. The van der Waals surface area contributed by atoms with E-state index >= 15 is 0 Å². The SMILES string of the molecule is CC(C)(C)Oc1ccc(-c2ccc(-c3ccccc3)cc2)o1. The van der Waals surface area contributed by atoms with Gasteiger partial charge in [-0.15, -0.1) is 0 Å². The summed E-state index contributed by atoms with van der Waals surface area (Å²) >= 11 is 0. The van der Waals surface area contributed by atoms with Gasteiger partial charge in [0.25, 0.3) is 5.95 Å². The summed E-state index contributed by atoms with van der Waals surface area (Å²) in [6, 6.07) is 22.5. The average molecular weight is 292 g/mol. The summed E-state index contributed by atoms with van der Waals surface area (Å²) in [6.45, 7) is 6.01. The molecule has 2 nitrogen and oxygen atoms in total. The first-order chi connectivity index (χ1) is 10.5. The van der Waals surface area contributed by atoms with Crippen LogP contribution in [0.5, 0.6) is 5.95 Å². The van der Waals surface area contributed by atoms with Gasteiger partial charge in [-0.05, 0) is 38.0 Å². The number of ether oxygens (including phenoxy) is 1. The highest BCUT2D eigenvalue weighted by Crippen LogP contribution is 2.30. The van der Waals surface area contributed by atoms with Crippen molar-refractivity contribution in [3.63, 3.8) is 0 Å². The Bertz CT molecular complexity index is 731. The Labute approximate surface area is 131 Å². The molecule has 3 aromatic rings. The third kappa shape index (κ3) is 3.40. The molecule has 0 unspecified atom stereocenters. The van der Waals surface area contributed by atoms with Crippen LogP contribution >= 0.6 is 0 Å². The molecule has 112 valence electrons. The zero-order chi connectivity index (χ0) is 15.6. The number of rotatable bonds is 3. The van der Waals surface area contributed by atoms with Crippen LogP contribution in [-0.2, 0) is 0 Å². The molecule has 3 rings (SSSR count). The van der Waals surface area contributed by atoms with E-state index in [-0.39, 0.29) is 5.60 Å². The largest absolute Gasteiger partial charge is 0.459 e. The van der Waals surface area contributed by atoms with E-state index in [1.165, 1.54) is 11.1 Å². The molecule has 1 aromatic heterocycles. The normalized spacial score (nSPS) is 11.4. The molecule has 0 N–H and O–H groups in total. The molecule has 0 atom stereocenters. The lowest BCUT2D eigenvalue weighted by Crippen LogP contribution is -2.22. The summed E-state index contributed by atoms with van der Waals surface area (Å²) in [4.78, 5) is 0. The molecule has 0 saturated carbocycles. The van der Waals surface area contributed by atoms with Crippen molar-refractivity contribution in [3.05, 3.63) is 66.7 Å². The number of benzene rings is 2. The van der Waals surface area contributed by atoms with Gasteiger partial charge >= 0.3 is 0 Å². The molecule has 2 heteroatoms. The monoisotopic (exact) mass is 292 g/mol. The summed E-state index contributed by atoms with van der Waals surface area (Å²) in [5.74, 6) is 1.37. The van der Waals surface area contributed by atoms with Crippen molar-refractivity contribution in [2.24, 2.45) is 0 Å². The summed E-state index contributed by atoms with van der Waals surface area (Å²) in [5, 5.41) is 0. The van der Waals surface area contributed by atoms with E-state index in [4.69, 9.17) is 9.15 Å². The minimum absolute atomic E-state index is 0.258. The second kappa shape index (κ2) is 5.72. The van der Waals surface area contributed by atoms with Crippen molar-refractivity contribution in [3.8, 4) is 28.4 Å². The Morgan fingerprint density at radius 3 is 1.91 bits per heavy atom. The Balaban J connectivity index is 1.81. The summed E-state index contributed by atoms with van der Waals surface area (Å²) in [5.41, 5.74) is 3.20. The van der Waals surface area contributed by atoms with Gasteiger partial charge in [0, 0.05) is 11.6 Å². The third-order valence-corrected chi connectivity index (χ3v) is 3.26. The van der Waals surface area contributed by atoms with Crippen molar-refractivity contribution < 1.29 is 9.15 Å². The summed E-state index contributed by atoms with van der Waals surface area (Å²) in [6.07, 6.45) is 0. The molecule has 0 aliphatic carbocycles. The quantitative estimate of drug-likeness (QED) is 0.609. The van der Waals surface area contributed by atoms with Crippen molar-refractivity contribution >= 4 is 0 Å². The fraction of sp³-hybridized carbons (Fsp3) is 0.200. The third-order valence-electron chi connectivity index (χ3n) is 3.26. The van der Waals surface area contributed by atoms with Gasteiger partial charge in [0.15, 0.2) is 0 Å². The van der Waals surface area contributed by atoms with Gasteiger partial charge in [0.05, 0.1) is 0 Å².